The number of hydrogen-bond donors (Lipinski definition) is 4. The van der Waals surface area contributed by atoms with E-state index in [4.69, 9.17) is 0 Å². The number of benzene rings is 1. The summed E-state index contributed by atoms with van der Waals surface area (Å²) >= 11 is 0. The van der Waals surface area contributed by atoms with Crippen LogP contribution in [0.5, 0.6) is 0 Å². The molecule has 3 aromatic rings. The molecule has 0 spiro atoms. The van der Waals surface area contributed by atoms with Crippen molar-refractivity contribution in [1.82, 2.24) is 25.2 Å². The van der Waals surface area contributed by atoms with E-state index in [2.05, 4.69) is 31.2 Å². The van der Waals surface area contributed by atoms with Gasteiger partial charge in [-0.25, -0.2) is 19.6 Å². The number of amides is 3. The van der Waals surface area contributed by atoms with Gasteiger partial charge in [0.25, 0.3) is 0 Å². The van der Waals surface area contributed by atoms with Crippen molar-refractivity contribution in [2.24, 2.45) is 0 Å². The van der Waals surface area contributed by atoms with Crippen LogP contribution in [0.4, 0.5) is 26.9 Å². The van der Waals surface area contributed by atoms with Gasteiger partial charge < -0.3 is 16.0 Å². The second kappa shape index (κ2) is 9.54. The number of urea groups is 1. The molecular formula is C20H25N7O2. The van der Waals surface area contributed by atoms with Crippen LogP contribution in [0.2, 0.25) is 0 Å². The molecule has 29 heavy (non-hydrogen) atoms. The third-order valence-corrected chi connectivity index (χ3v) is 4.15. The van der Waals surface area contributed by atoms with Crippen molar-refractivity contribution in [3.8, 4) is 0 Å². The second-order valence-corrected chi connectivity index (χ2v) is 6.49. The molecule has 0 aliphatic carbocycles. The number of nitrogens with zero attached hydrogens (tertiary/aromatic N) is 3. The summed E-state index contributed by atoms with van der Waals surface area (Å²) in [7, 11) is 0. The van der Waals surface area contributed by atoms with Crippen LogP contribution in [0.25, 0.3) is 10.9 Å². The zero-order valence-electron chi connectivity index (χ0n) is 16.5. The predicted molar refractivity (Wildman–Crippen MR) is 114 cm³/mol. The molecule has 0 radical (unpaired) electrons. The van der Waals surface area contributed by atoms with E-state index in [1.54, 1.807) is 16.8 Å². The first-order chi connectivity index (χ1) is 14.1. The molecule has 0 unspecified atom stereocenters. The summed E-state index contributed by atoms with van der Waals surface area (Å²) in [5, 5.41) is 12.4. The zero-order valence-corrected chi connectivity index (χ0v) is 16.5. The molecule has 0 saturated heterocycles. The Morgan fingerprint density at radius 1 is 0.966 bits per heavy atom. The molecule has 0 atom stereocenters. The Balaban J connectivity index is 1.71. The first kappa shape index (κ1) is 20.1. The average molecular weight is 395 g/mol. The Morgan fingerprint density at radius 2 is 1.72 bits per heavy atom. The molecule has 9 nitrogen and oxygen atoms in total. The minimum Gasteiger partial charge on any atom is -0.340 e. The Bertz CT molecular complexity index is 999. The van der Waals surface area contributed by atoms with Crippen LogP contribution in [0, 0.1) is 0 Å². The van der Waals surface area contributed by atoms with E-state index < -0.39 is 0 Å². The standard InChI is InChI=1S/C20H25N7O2/c1-3-8-21-19(28)26-18-12-17(23-13-24-18)25-15-5-6-16-14(11-15)7-10-27(16)20(29)22-9-4-2/h5-7,10-13H,3-4,8-9H2,1-2H3,(H,22,29)(H3,21,23,24,25,26,28). The summed E-state index contributed by atoms with van der Waals surface area (Å²) in [6, 6.07) is 8.77. The van der Waals surface area contributed by atoms with E-state index in [9.17, 15) is 9.59 Å². The highest BCUT2D eigenvalue weighted by Crippen LogP contribution is 2.23. The molecule has 152 valence electrons. The maximum Gasteiger partial charge on any atom is 0.326 e. The maximum atomic E-state index is 12.2. The first-order valence-electron chi connectivity index (χ1n) is 9.64. The first-order valence-corrected chi connectivity index (χ1v) is 9.64. The number of fused-ring (bicyclic) bond motifs is 1. The fraction of sp³-hybridized carbons (Fsp3) is 0.300. The van der Waals surface area contributed by atoms with E-state index in [-0.39, 0.29) is 12.1 Å². The quantitative estimate of drug-likeness (QED) is 0.487. The van der Waals surface area contributed by atoms with Crippen molar-refractivity contribution < 1.29 is 9.59 Å². The lowest BCUT2D eigenvalue weighted by atomic mass is 10.2. The van der Waals surface area contributed by atoms with Gasteiger partial charge in [-0.3, -0.25) is 9.88 Å². The molecule has 0 bridgehead atoms. The fourth-order valence-corrected chi connectivity index (χ4v) is 2.76. The molecule has 0 fully saturated rings. The van der Waals surface area contributed by atoms with E-state index in [0.717, 1.165) is 29.4 Å². The highest BCUT2D eigenvalue weighted by atomic mass is 16.2. The lowest BCUT2D eigenvalue weighted by Crippen LogP contribution is -2.29. The Labute approximate surface area is 168 Å². The monoisotopic (exact) mass is 395 g/mol. The summed E-state index contributed by atoms with van der Waals surface area (Å²) in [4.78, 5) is 32.2. The Kier molecular flexibility index (Phi) is 6.62. The number of hydrogen-bond acceptors (Lipinski definition) is 5. The van der Waals surface area contributed by atoms with Crippen LogP contribution in [0.15, 0.2) is 42.9 Å². The molecule has 3 amide bonds. The van der Waals surface area contributed by atoms with Crippen LogP contribution in [-0.4, -0.2) is 39.7 Å². The number of carbonyl (C=O) groups is 2. The topological polar surface area (TPSA) is 113 Å². The van der Waals surface area contributed by atoms with Crippen molar-refractivity contribution >= 4 is 40.3 Å². The normalized spacial score (nSPS) is 10.6. The lowest BCUT2D eigenvalue weighted by molar-refractivity contribution is 0.243. The number of carbonyl (C=O) groups excluding carboxylic acids is 2. The summed E-state index contributed by atoms with van der Waals surface area (Å²) in [5.41, 5.74) is 1.63. The van der Waals surface area contributed by atoms with Crippen molar-refractivity contribution in [3.05, 3.63) is 42.9 Å². The van der Waals surface area contributed by atoms with Crippen LogP contribution < -0.4 is 21.3 Å². The third-order valence-electron chi connectivity index (χ3n) is 4.15. The molecule has 2 heterocycles. The smallest absolute Gasteiger partial charge is 0.326 e. The molecule has 3 rings (SSSR count). The molecular weight excluding hydrogens is 370 g/mol. The van der Waals surface area contributed by atoms with E-state index in [1.807, 2.05) is 38.1 Å². The van der Waals surface area contributed by atoms with Gasteiger partial charge in [-0.05, 0) is 37.1 Å². The van der Waals surface area contributed by atoms with E-state index in [0.29, 0.717) is 24.7 Å². The third kappa shape index (κ3) is 5.22. The number of anilines is 3. The highest BCUT2D eigenvalue weighted by molar-refractivity contribution is 5.93. The summed E-state index contributed by atoms with van der Waals surface area (Å²) < 4.78 is 1.59. The second-order valence-electron chi connectivity index (χ2n) is 6.49. The van der Waals surface area contributed by atoms with Gasteiger partial charge in [-0.15, -0.1) is 0 Å². The summed E-state index contributed by atoms with van der Waals surface area (Å²) in [6.45, 7) is 5.23. The largest absolute Gasteiger partial charge is 0.340 e. The Morgan fingerprint density at radius 3 is 2.52 bits per heavy atom. The zero-order chi connectivity index (χ0) is 20.6. The number of nitrogens with one attached hydrogen (secondary N) is 4. The van der Waals surface area contributed by atoms with Crippen LogP contribution >= 0.6 is 0 Å². The summed E-state index contributed by atoms with van der Waals surface area (Å²) in [6.07, 6.45) is 4.87. The minimum absolute atomic E-state index is 0.143. The maximum absolute atomic E-state index is 12.2. The van der Waals surface area contributed by atoms with Gasteiger partial charge in [0, 0.05) is 36.4 Å². The van der Waals surface area contributed by atoms with E-state index in [1.165, 1.54) is 6.33 Å². The van der Waals surface area contributed by atoms with Gasteiger partial charge >= 0.3 is 12.1 Å². The van der Waals surface area contributed by atoms with Gasteiger partial charge in [0.05, 0.1) is 5.52 Å². The van der Waals surface area contributed by atoms with Crippen LogP contribution in [0.1, 0.15) is 26.7 Å². The molecule has 4 N–H and O–H groups in total. The molecule has 2 aromatic heterocycles. The van der Waals surface area contributed by atoms with Crippen molar-refractivity contribution in [3.63, 3.8) is 0 Å². The van der Waals surface area contributed by atoms with Gasteiger partial charge in [-0.2, -0.15) is 0 Å². The number of aromatic nitrogens is 3. The van der Waals surface area contributed by atoms with Crippen molar-refractivity contribution in [1.29, 1.82) is 0 Å². The van der Waals surface area contributed by atoms with Crippen LogP contribution in [0.3, 0.4) is 0 Å². The SMILES string of the molecule is CCCNC(=O)Nc1cc(Nc2ccc3c(ccn3C(=O)NCCC)c2)ncn1. The van der Waals surface area contributed by atoms with Gasteiger partial charge in [0.15, 0.2) is 0 Å². The molecule has 0 aliphatic heterocycles. The fourth-order valence-electron chi connectivity index (χ4n) is 2.76. The van der Waals surface area contributed by atoms with Crippen LogP contribution in [-0.2, 0) is 0 Å². The summed E-state index contributed by atoms with van der Waals surface area (Å²) in [5.74, 6) is 0.946. The van der Waals surface area contributed by atoms with Crippen molar-refractivity contribution in [2.75, 3.05) is 23.7 Å². The predicted octanol–water partition coefficient (Wildman–Crippen LogP) is 3.67. The highest BCUT2D eigenvalue weighted by Gasteiger charge is 2.09. The number of rotatable bonds is 7. The van der Waals surface area contributed by atoms with E-state index >= 15 is 0 Å². The van der Waals surface area contributed by atoms with Gasteiger partial charge in [0.1, 0.15) is 18.0 Å². The van der Waals surface area contributed by atoms with Gasteiger partial charge in [0.2, 0.25) is 0 Å². The molecule has 1 aromatic carbocycles. The van der Waals surface area contributed by atoms with Crippen molar-refractivity contribution in [2.45, 2.75) is 26.7 Å². The van der Waals surface area contributed by atoms with Gasteiger partial charge in [-0.1, -0.05) is 13.8 Å². The molecule has 0 saturated carbocycles. The molecule has 0 aliphatic rings. The average Bonchev–Trinajstić information content (AvgIpc) is 3.14. The lowest BCUT2D eigenvalue weighted by Gasteiger charge is -2.09. The minimum atomic E-state index is -0.305. The Hall–Kier alpha value is -3.62. The molecule has 9 heteroatoms.